The molecule has 23 heavy (non-hydrogen) atoms. The number of hydrogen-bond acceptors (Lipinski definition) is 3. The van der Waals surface area contributed by atoms with Crippen LogP contribution in [0.4, 0.5) is 0 Å². The van der Waals surface area contributed by atoms with Gasteiger partial charge in [0, 0.05) is 23.0 Å². The standard InChI is InChI=1S/C17H21N3O3/c1-2-20(10-16(21)22)13-8-12(9-13)18-17(23)15-7-11-5-3-4-6-14(11)19-15/h3-7,12-13,19H,2,8-10H2,1H3,(H,18,23)(H,21,22). The number of para-hydroxylation sites is 1. The van der Waals surface area contributed by atoms with Gasteiger partial charge in [0.25, 0.3) is 5.91 Å². The summed E-state index contributed by atoms with van der Waals surface area (Å²) in [6.45, 7) is 2.73. The van der Waals surface area contributed by atoms with E-state index < -0.39 is 5.97 Å². The molecule has 1 saturated carbocycles. The number of benzene rings is 1. The van der Waals surface area contributed by atoms with Crippen molar-refractivity contribution in [2.45, 2.75) is 31.8 Å². The number of aromatic nitrogens is 1. The molecule has 1 amide bonds. The number of fused-ring (bicyclic) bond motifs is 1. The van der Waals surface area contributed by atoms with Crippen LogP contribution in [0.25, 0.3) is 10.9 Å². The average molecular weight is 315 g/mol. The van der Waals surface area contributed by atoms with Gasteiger partial charge in [-0.1, -0.05) is 25.1 Å². The first-order valence-electron chi connectivity index (χ1n) is 7.91. The number of carboxylic acids is 1. The number of carbonyl (C=O) groups is 2. The van der Waals surface area contributed by atoms with Gasteiger partial charge in [-0.15, -0.1) is 0 Å². The minimum absolute atomic E-state index is 0.0594. The van der Waals surface area contributed by atoms with Gasteiger partial charge >= 0.3 is 5.97 Å². The highest BCUT2D eigenvalue weighted by Gasteiger charge is 2.34. The third kappa shape index (κ3) is 3.37. The number of amides is 1. The van der Waals surface area contributed by atoms with Crippen LogP contribution in [0.15, 0.2) is 30.3 Å². The summed E-state index contributed by atoms with van der Waals surface area (Å²) in [5.41, 5.74) is 1.51. The molecule has 1 aromatic carbocycles. The number of carboxylic acid groups (broad SMARTS) is 1. The normalized spacial score (nSPS) is 20.4. The average Bonchev–Trinajstić information content (AvgIpc) is 2.92. The van der Waals surface area contributed by atoms with Crippen LogP contribution in [0.5, 0.6) is 0 Å². The molecule has 0 radical (unpaired) electrons. The summed E-state index contributed by atoms with van der Waals surface area (Å²) in [5, 5.41) is 12.9. The molecule has 1 fully saturated rings. The Labute approximate surface area is 134 Å². The Balaban J connectivity index is 1.55. The van der Waals surface area contributed by atoms with Crippen LogP contribution in [-0.4, -0.2) is 52.0 Å². The summed E-state index contributed by atoms with van der Waals surface area (Å²) >= 11 is 0. The number of carbonyl (C=O) groups excluding carboxylic acids is 1. The van der Waals surface area contributed by atoms with E-state index in [4.69, 9.17) is 5.11 Å². The largest absolute Gasteiger partial charge is 0.480 e. The SMILES string of the molecule is CCN(CC(=O)O)C1CC(NC(=O)c2cc3ccccc3[nH]2)C1. The number of hydrogen-bond donors (Lipinski definition) is 3. The number of H-pyrrole nitrogens is 1. The monoisotopic (exact) mass is 315 g/mol. The van der Waals surface area contributed by atoms with Gasteiger partial charge in [-0.05, 0) is 31.5 Å². The molecule has 0 atom stereocenters. The number of likely N-dealkylation sites (N-methyl/N-ethyl adjacent to an activating group) is 1. The third-order valence-corrected chi connectivity index (χ3v) is 4.48. The maximum Gasteiger partial charge on any atom is 0.317 e. The second kappa shape index (κ2) is 6.42. The zero-order chi connectivity index (χ0) is 16.4. The Hall–Kier alpha value is -2.34. The zero-order valence-electron chi connectivity index (χ0n) is 13.1. The topological polar surface area (TPSA) is 85.4 Å². The van der Waals surface area contributed by atoms with Crippen LogP contribution in [0.3, 0.4) is 0 Å². The highest BCUT2D eigenvalue weighted by atomic mass is 16.4. The fourth-order valence-corrected chi connectivity index (χ4v) is 3.14. The van der Waals surface area contributed by atoms with Crippen molar-refractivity contribution < 1.29 is 14.7 Å². The van der Waals surface area contributed by atoms with Gasteiger partial charge in [0.15, 0.2) is 0 Å². The van der Waals surface area contributed by atoms with Crippen LogP contribution >= 0.6 is 0 Å². The minimum Gasteiger partial charge on any atom is -0.480 e. The van der Waals surface area contributed by atoms with Crippen molar-refractivity contribution in [2.75, 3.05) is 13.1 Å². The number of rotatable bonds is 6. The quantitative estimate of drug-likeness (QED) is 0.759. The molecule has 122 valence electrons. The van der Waals surface area contributed by atoms with Crippen molar-refractivity contribution in [3.8, 4) is 0 Å². The first-order valence-corrected chi connectivity index (χ1v) is 7.91. The van der Waals surface area contributed by atoms with E-state index in [0.717, 1.165) is 23.7 Å². The van der Waals surface area contributed by atoms with E-state index in [1.165, 1.54) is 0 Å². The molecule has 1 aliphatic carbocycles. The van der Waals surface area contributed by atoms with Crippen molar-refractivity contribution in [3.05, 3.63) is 36.0 Å². The molecule has 0 aliphatic heterocycles. The lowest BCUT2D eigenvalue weighted by Crippen LogP contribution is -2.54. The van der Waals surface area contributed by atoms with Crippen molar-refractivity contribution >= 4 is 22.8 Å². The smallest absolute Gasteiger partial charge is 0.317 e. The number of aliphatic carboxylic acids is 1. The van der Waals surface area contributed by atoms with Crippen molar-refractivity contribution in [1.82, 2.24) is 15.2 Å². The van der Waals surface area contributed by atoms with Gasteiger partial charge in [-0.3, -0.25) is 14.5 Å². The van der Waals surface area contributed by atoms with E-state index in [0.29, 0.717) is 12.2 Å². The molecule has 6 nitrogen and oxygen atoms in total. The summed E-state index contributed by atoms with van der Waals surface area (Å²) in [6.07, 6.45) is 1.60. The van der Waals surface area contributed by atoms with Crippen LogP contribution in [0.2, 0.25) is 0 Å². The van der Waals surface area contributed by atoms with Gasteiger partial charge in [-0.25, -0.2) is 0 Å². The molecule has 1 aromatic heterocycles. The summed E-state index contributed by atoms with van der Waals surface area (Å²) in [5.74, 6) is -0.914. The Bertz CT molecular complexity index is 686. The molecule has 6 heteroatoms. The minimum atomic E-state index is -0.808. The molecule has 2 aromatic rings. The Morgan fingerprint density at radius 2 is 2.09 bits per heavy atom. The highest BCUT2D eigenvalue weighted by molar-refractivity contribution is 5.98. The van der Waals surface area contributed by atoms with Crippen LogP contribution in [0.1, 0.15) is 30.3 Å². The third-order valence-electron chi connectivity index (χ3n) is 4.48. The van der Waals surface area contributed by atoms with E-state index in [1.54, 1.807) is 0 Å². The maximum absolute atomic E-state index is 12.3. The lowest BCUT2D eigenvalue weighted by atomic mass is 9.85. The van der Waals surface area contributed by atoms with E-state index >= 15 is 0 Å². The first-order chi connectivity index (χ1) is 11.1. The predicted octanol–water partition coefficient (Wildman–Crippen LogP) is 1.84. The van der Waals surface area contributed by atoms with Crippen molar-refractivity contribution in [1.29, 1.82) is 0 Å². The van der Waals surface area contributed by atoms with Gasteiger partial charge in [0.1, 0.15) is 5.69 Å². The second-order valence-corrected chi connectivity index (χ2v) is 6.02. The molecule has 0 spiro atoms. The van der Waals surface area contributed by atoms with Crippen LogP contribution in [-0.2, 0) is 4.79 Å². The molecule has 0 bridgehead atoms. The zero-order valence-corrected chi connectivity index (χ0v) is 13.1. The summed E-state index contributed by atoms with van der Waals surface area (Å²) in [4.78, 5) is 28.2. The van der Waals surface area contributed by atoms with Gasteiger partial charge in [0.05, 0.1) is 6.54 Å². The summed E-state index contributed by atoms with van der Waals surface area (Å²) in [6, 6.07) is 9.98. The van der Waals surface area contributed by atoms with Crippen LogP contribution in [0, 0.1) is 0 Å². The lowest BCUT2D eigenvalue weighted by molar-refractivity contribution is -0.139. The number of nitrogens with zero attached hydrogens (tertiary/aromatic N) is 1. The van der Waals surface area contributed by atoms with Crippen LogP contribution < -0.4 is 5.32 Å². The molecule has 3 rings (SSSR count). The molecular weight excluding hydrogens is 294 g/mol. The molecule has 0 saturated heterocycles. The highest BCUT2D eigenvalue weighted by Crippen LogP contribution is 2.26. The van der Waals surface area contributed by atoms with E-state index in [1.807, 2.05) is 42.2 Å². The Morgan fingerprint density at radius 3 is 2.74 bits per heavy atom. The van der Waals surface area contributed by atoms with E-state index in [9.17, 15) is 9.59 Å². The summed E-state index contributed by atoms with van der Waals surface area (Å²) < 4.78 is 0. The van der Waals surface area contributed by atoms with E-state index in [2.05, 4.69) is 10.3 Å². The summed E-state index contributed by atoms with van der Waals surface area (Å²) in [7, 11) is 0. The van der Waals surface area contributed by atoms with E-state index in [-0.39, 0.29) is 24.5 Å². The van der Waals surface area contributed by atoms with Crippen molar-refractivity contribution in [3.63, 3.8) is 0 Å². The number of aromatic amines is 1. The number of nitrogens with one attached hydrogen (secondary N) is 2. The molecule has 1 heterocycles. The van der Waals surface area contributed by atoms with Gasteiger partial charge < -0.3 is 15.4 Å². The molecular formula is C17H21N3O3. The first kappa shape index (κ1) is 15.6. The fourth-order valence-electron chi connectivity index (χ4n) is 3.14. The van der Waals surface area contributed by atoms with Gasteiger partial charge in [-0.2, -0.15) is 0 Å². The lowest BCUT2D eigenvalue weighted by Gasteiger charge is -2.42. The Kier molecular flexibility index (Phi) is 4.34. The maximum atomic E-state index is 12.3. The molecule has 3 N–H and O–H groups in total. The molecule has 1 aliphatic rings. The van der Waals surface area contributed by atoms with Gasteiger partial charge in [0.2, 0.25) is 0 Å². The van der Waals surface area contributed by atoms with Crippen molar-refractivity contribution in [2.24, 2.45) is 0 Å². The Morgan fingerprint density at radius 1 is 1.35 bits per heavy atom. The fraction of sp³-hybridized carbons (Fsp3) is 0.412. The second-order valence-electron chi connectivity index (χ2n) is 6.02. The molecule has 0 unspecified atom stereocenters. The predicted molar refractivity (Wildman–Crippen MR) is 87.5 cm³/mol.